The topological polar surface area (TPSA) is 21.3 Å². The van der Waals surface area contributed by atoms with Gasteiger partial charge >= 0.3 is 0 Å². The lowest BCUT2D eigenvalue weighted by atomic mass is 9.95. The van der Waals surface area contributed by atoms with Crippen molar-refractivity contribution in [2.75, 3.05) is 13.2 Å². The maximum absolute atomic E-state index is 13.2. The van der Waals surface area contributed by atoms with Gasteiger partial charge in [-0.1, -0.05) is 13.0 Å². The molecule has 1 saturated heterocycles. The number of aryl methyl sites for hydroxylation is 1. The van der Waals surface area contributed by atoms with Gasteiger partial charge in [-0.3, -0.25) is 0 Å². The molecule has 112 valence electrons. The molecule has 2 rings (SSSR count). The highest BCUT2D eigenvalue weighted by molar-refractivity contribution is 5.27. The summed E-state index contributed by atoms with van der Waals surface area (Å²) in [7, 11) is 0. The Bertz CT molecular complexity index is 415. The van der Waals surface area contributed by atoms with Crippen LogP contribution in [0.15, 0.2) is 18.2 Å². The van der Waals surface area contributed by atoms with Crippen LogP contribution >= 0.6 is 0 Å². The van der Waals surface area contributed by atoms with Crippen molar-refractivity contribution < 1.29 is 9.13 Å². The van der Waals surface area contributed by atoms with Crippen LogP contribution in [0.2, 0.25) is 0 Å². The molecule has 2 atom stereocenters. The summed E-state index contributed by atoms with van der Waals surface area (Å²) in [5, 5.41) is 3.55. The second-order valence-corrected chi connectivity index (χ2v) is 5.75. The van der Waals surface area contributed by atoms with Crippen LogP contribution in [-0.4, -0.2) is 25.3 Å². The summed E-state index contributed by atoms with van der Waals surface area (Å²) in [6, 6.07) is 5.50. The number of hydrogen-bond donors (Lipinski definition) is 1. The van der Waals surface area contributed by atoms with Crippen LogP contribution < -0.4 is 5.32 Å². The lowest BCUT2D eigenvalue weighted by molar-refractivity contribution is 0.00534. The standard InChI is InChI=1S/C17H26FNO/c1-3-19-16(12-17-6-4-5-9-20-17)11-14-7-8-15(18)10-13(14)2/h7-8,10,16-17,19H,3-6,9,11-12H2,1-2H3. The van der Waals surface area contributed by atoms with Crippen LogP contribution in [0.5, 0.6) is 0 Å². The molecule has 0 aliphatic carbocycles. The Kier molecular flexibility index (Phi) is 5.99. The minimum atomic E-state index is -0.151. The highest BCUT2D eigenvalue weighted by Gasteiger charge is 2.19. The highest BCUT2D eigenvalue weighted by atomic mass is 19.1. The predicted molar refractivity (Wildman–Crippen MR) is 80.5 cm³/mol. The minimum absolute atomic E-state index is 0.151. The molecule has 0 spiro atoms. The Labute approximate surface area is 121 Å². The number of ether oxygens (including phenoxy) is 1. The van der Waals surface area contributed by atoms with E-state index in [-0.39, 0.29) is 5.82 Å². The SMILES string of the molecule is CCNC(Cc1ccc(F)cc1C)CC1CCCCO1. The largest absolute Gasteiger partial charge is 0.378 e. The van der Waals surface area contributed by atoms with E-state index >= 15 is 0 Å². The van der Waals surface area contributed by atoms with Gasteiger partial charge in [0.05, 0.1) is 6.10 Å². The molecule has 1 fully saturated rings. The zero-order chi connectivity index (χ0) is 14.4. The zero-order valence-corrected chi connectivity index (χ0v) is 12.6. The molecule has 0 aromatic heterocycles. The number of rotatable bonds is 6. The summed E-state index contributed by atoms with van der Waals surface area (Å²) < 4.78 is 19.0. The van der Waals surface area contributed by atoms with Gasteiger partial charge in [-0.2, -0.15) is 0 Å². The van der Waals surface area contributed by atoms with Gasteiger partial charge < -0.3 is 10.1 Å². The van der Waals surface area contributed by atoms with Crippen molar-refractivity contribution >= 4 is 0 Å². The van der Waals surface area contributed by atoms with Crippen molar-refractivity contribution in [3.05, 3.63) is 35.1 Å². The Balaban J connectivity index is 1.96. The molecule has 1 aliphatic rings. The van der Waals surface area contributed by atoms with Gasteiger partial charge in [0.15, 0.2) is 0 Å². The van der Waals surface area contributed by atoms with Gasteiger partial charge in [-0.05, 0) is 68.8 Å². The van der Waals surface area contributed by atoms with Crippen molar-refractivity contribution in [3.8, 4) is 0 Å². The molecule has 0 radical (unpaired) electrons. The molecule has 2 unspecified atom stereocenters. The van der Waals surface area contributed by atoms with Crippen molar-refractivity contribution in [2.24, 2.45) is 0 Å². The molecule has 0 amide bonds. The molecule has 1 aromatic carbocycles. The maximum Gasteiger partial charge on any atom is 0.123 e. The van der Waals surface area contributed by atoms with Gasteiger partial charge in [-0.25, -0.2) is 4.39 Å². The zero-order valence-electron chi connectivity index (χ0n) is 12.6. The van der Waals surface area contributed by atoms with Crippen LogP contribution in [0.4, 0.5) is 4.39 Å². The Morgan fingerprint density at radius 3 is 2.90 bits per heavy atom. The first-order valence-corrected chi connectivity index (χ1v) is 7.79. The molecular formula is C17H26FNO. The monoisotopic (exact) mass is 279 g/mol. The van der Waals surface area contributed by atoms with E-state index < -0.39 is 0 Å². The van der Waals surface area contributed by atoms with Gasteiger partial charge in [0.1, 0.15) is 5.82 Å². The lowest BCUT2D eigenvalue weighted by Gasteiger charge is -2.28. The Hall–Kier alpha value is -0.930. The van der Waals surface area contributed by atoms with E-state index in [0.29, 0.717) is 12.1 Å². The summed E-state index contributed by atoms with van der Waals surface area (Å²) in [4.78, 5) is 0. The molecule has 2 nitrogen and oxygen atoms in total. The Morgan fingerprint density at radius 2 is 2.25 bits per heavy atom. The number of nitrogens with one attached hydrogen (secondary N) is 1. The van der Waals surface area contributed by atoms with Crippen molar-refractivity contribution in [1.82, 2.24) is 5.32 Å². The first-order chi connectivity index (χ1) is 9.69. The number of halogens is 1. The summed E-state index contributed by atoms with van der Waals surface area (Å²) in [6.45, 7) is 5.97. The van der Waals surface area contributed by atoms with Crippen LogP contribution in [0.1, 0.15) is 43.7 Å². The second-order valence-electron chi connectivity index (χ2n) is 5.75. The van der Waals surface area contributed by atoms with E-state index in [1.807, 2.05) is 13.0 Å². The van der Waals surface area contributed by atoms with E-state index in [2.05, 4.69) is 12.2 Å². The third-order valence-corrected chi connectivity index (χ3v) is 4.09. The Morgan fingerprint density at radius 1 is 1.40 bits per heavy atom. The average Bonchev–Trinajstić information content (AvgIpc) is 2.43. The smallest absolute Gasteiger partial charge is 0.123 e. The number of likely N-dealkylation sites (N-methyl/N-ethyl adjacent to an activating group) is 1. The predicted octanol–water partition coefficient (Wildman–Crippen LogP) is 3.61. The average molecular weight is 279 g/mol. The fourth-order valence-electron chi connectivity index (χ4n) is 2.99. The van der Waals surface area contributed by atoms with E-state index in [1.54, 1.807) is 12.1 Å². The third-order valence-electron chi connectivity index (χ3n) is 4.09. The molecule has 1 aromatic rings. The van der Waals surface area contributed by atoms with E-state index in [1.165, 1.54) is 24.8 Å². The molecule has 1 heterocycles. The van der Waals surface area contributed by atoms with Crippen molar-refractivity contribution in [2.45, 2.75) is 58.1 Å². The number of hydrogen-bond acceptors (Lipinski definition) is 2. The van der Waals surface area contributed by atoms with Crippen LogP contribution in [0, 0.1) is 12.7 Å². The fourth-order valence-corrected chi connectivity index (χ4v) is 2.99. The summed E-state index contributed by atoms with van der Waals surface area (Å²) in [5.41, 5.74) is 2.27. The van der Waals surface area contributed by atoms with E-state index in [0.717, 1.165) is 31.6 Å². The fraction of sp³-hybridized carbons (Fsp3) is 0.647. The molecule has 1 aliphatic heterocycles. The first kappa shape index (κ1) is 15.5. The van der Waals surface area contributed by atoms with Gasteiger partial charge in [0, 0.05) is 12.6 Å². The minimum Gasteiger partial charge on any atom is -0.378 e. The molecule has 3 heteroatoms. The summed E-state index contributed by atoms with van der Waals surface area (Å²) in [5.74, 6) is -0.151. The van der Waals surface area contributed by atoms with E-state index in [9.17, 15) is 4.39 Å². The molecule has 0 saturated carbocycles. The van der Waals surface area contributed by atoms with Gasteiger partial charge in [0.25, 0.3) is 0 Å². The van der Waals surface area contributed by atoms with Gasteiger partial charge in [0.2, 0.25) is 0 Å². The molecular weight excluding hydrogens is 253 g/mol. The van der Waals surface area contributed by atoms with Crippen molar-refractivity contribution in [1.29, 1.82) is 0 Å². The quantitative estimate of drug-likeness (QED) is 0.859. The van der Waals surface area contributed by atoms with Crippen LogP contribution in [0.3, 0.4) is 0 Å². The van der Waals surface area contributed by atoms with Gasteiger partial charge in [-0.15, -0.1) is 0 Å². The second kappa shape index (κ2) is 7.75. The summed E-state index contributed by atoms with van der Waals surface area (Å²) >= 11 is 0. The highest BCUT2D eigenvalue weighted by Crippen LogP contribution is 2.20. The molecule has 1 N–H and O–H groups in total. The first-order valence-electron chi connectivity index (χ1n) is 7.79. The number of benzene rings is 1. The maximum atomic E-state index is 13.2. The molecule has 0 bridgehead atoms. The van der Waals surface area contributed by atoms with Crippen LogP contribution in [-0.2, 0) is 11.2 Å². The lowest BCUT2D eigenvalue weighted by Crippen LogP contribution is -2.36. The van der Waals surface area contributed by atoms with Crippen molar-refractivity contribution in [3.63, 3.8) is 0 Å². The molecule has 20 heavy (non-hydrogen) atoms. The summed E-state index contributed by atoms with van der Waals surface area (Å²) in [6.07, 6.45) is 6.02. The normalized spacial score (nSPS) is 20.9. The third kappa shape index (κ3) is 4.57. The van der Waals surface area contributed by atoms with Crippen LogP contribution in [0.25, 0.3) is 0 Å². The van der Waals surface area contributed by atoms with E-state index in [4.69, 9.17) is 4.74 Å².